The van der Waals surface area contributed by atoms with Gasteiger partial charge in [-0.2, -0.15) is 10.5 Å². The Balaban J connectivity index is 1.78. The molecule has 0 atom stereocenters. The van der Waals surface area contributed by atoms with Gasteiger partial charge in [0, 0.05) is 11.1 Å². The maximum Gasteiger partial charge on any atom is 0.142 e. The molecule has 23 heavy (non-hydrogen) atoms. The molecule has 3 aromatic rings. The molecule has 0 aromatic carbocycles. The number of nitrogens with two attached hydrogens (primary N) is 1. The molecule has 0 spiro atoms. The van der Waals surface area contributed by atoms with Gasteiger partial charge in [0.2, 0.25) is 0 Å². The summed E-state index contributed by atoms with van der Waals surface area (Å²) in [7, 11) is 0. The number of thiazole rings is 1. The lowest BCUT2D eigenvalue weighted by Gasteiger charge is -2.04. The third kappa shape index (κ3) is 3.35. The first kappa shape index (κ1) is 15.5. The van der Waals surface area contributed by atoms with Gasteiger partial charge >= 0.3 is 0 Å². The van der Waals surface area contributed by atoms with Gasteiger partial charge in [0.05, 0.1) is 21.7 Å². The van der Waals surface area contributed by atoms with E-state index in [1.54, 1.807) is 22.7 Å². The van der Waals surface area contributed by atoms with Crippen LogP contribution < -0.4 is 5.73 Å². The Morgan fingerprint density at radius 1 is 1.17 bits per heavy atom. The summed E-state index contributed by atoms with van der Waals surface area (Å²) in [5, 5.41) is 23.7. The first-order chi connectivity index (χ1) is 11.2. The predicted octanol–water partition coefficient (Wildman–Crippen LogP) is 3.88. The molecule has 112 valence electrons. The van der Waals surface area contributed by atoms with Crippen molar-refractivity contribution in [2.75, 3.05) is 5.73 Å². The highest BCUT2D eigenvalue weighted by Crippen LogP contribution is 2.31. The number of rotatable bonds is 4. The number of thiophene rings is 1. The van der Waals surface area contributed by atoms with Crippen molar-refractivity contribution in [3.05, 3.63) is 45.8 Å². The molecule has 0 radical (unpaired) electrons. The summed E-state index contributed by atoms with van der Waals surface area (Å²) in [6, 6.07) is 9.50. The van der Waals surface area contributed by atoms with Gasteiger partial charge in [-0.25, -0.2) is 9.97 Å². The Morgan fingerprint density at radius 2 is 2.00 bits per heavy atom. The fourth-order valence-corrected chi connectivity index (χ4v) is 4.41. The van der Waals surface area contributed by atoms with Crippen LogP contribution >= 0.6 is 34.4 Å². The first-order valence-corrected chi connectivity index (χ1v) is 9.17. The van der Waals surface area contributed by atoms with E-state index in [9.17, 15) is 5.26 Å². The Kier molecular flexibility index (Phi) is 4.58. The Morgan fingerprint density at radius 3 is 2.70 bits per heavy atom. The van der Waals surface area contributed by atoms with Crippen molar-refractivity contribution in [1.82, 2.24) is 9.97 Å². The van der Waals surface area contributed by atoms with Crippen molar-refractivity contribution in [2.45, 2.75) is 10.8 Å². The fraction of sp³-hybridized carbons (Fsp3) is 0.0667. The lowest BCUT2D eigenvalue weighted by Crippen LogP contribution is -1.99. The maximum absolute atomic E-state index is 9.19. The summed E-state index contributed by atoms with van der Waals surface area (Å²) in [6.07, 6.45) is 0. The fourth-order valence-electron chi connectivity index (χ4n) is 1.82. The zero-order valence-electron chi connectivity index (χ0n) is 11.7. The van der Waals surface area contributed by atoms with Crippen LogP contribution in [0.15, 0.2) is 34.0 Å². The van der Waals surface area contributed by atoms with Crippen LogP contribution in [0.25, 0.3) is 9.88 Å². The highest BCUT2D eigenvalue weighted by Gasteiger charge is 2.12. The zero-order chi connectivity index (χ0) is 16.2. The number of nitrogens with zero attached hydrogens (tertiary/aromatic N) is 4. The third-order valence-electron chi connectivity index (χ3n) is 2.90. The molecule has 5 nitrogen and oxygen atoms in total. The number of thioether (sulfide) groups is 1. The summed E-state index contributed by atoms with van der Waals surface area (Å²) in [4.78, 5) is 9.90. The molecule has 3 aromatic heterocycles. The number of nitrogen functional groups attached to an aromatic ring is 1. The number of hydrogen-bond acceptors (Lipinski definition) is 8. The molecular weight excluding hydrogens is 346 g/mol. The predicted molar refractivity (Wildman–Crippen MR) is 93.1 cm³/mol. The van der Waals surface area contributed by atoms with E-state index in [1.165, 1.54) is 17.8 Å². The van der Waals surface area contributed by atoms with Gasteiger partial charge in [-0.15, -0.1) is 22.7 Å². The van der Waals surface area contributed by atoms with E-state index in [1.807, 2.05) is 29.0 Å². The summed E-state index contributed by atoms with van der Waals surface area (Å²) in [5.41, 5.74) is 7.23. The van der Waals surface area contributed by atoms with E-state index in [0.717, 1.165) is 15.6 Å². The molecule has 0 amide bonds. The molecule has 0 bridgehead atoms. The molecule has 2 N–H and O–H groups in total. The van der Waals surface area contributed by atoms with Crippen molar-refractivity contribution >= 4 is 40.3 Å². The van der Waals surface area contributed by atoms with E-state index in [-0.39, 0.29) is 11.4 Å². The first-order valence-electron chi connectivity index (χ1n) is 6.43. The molecule has 0 aliphatic heterocycles. The minimum absolute atomic E-state index is 0.145. The normalized spacial score (nSPS) is 10.2. The van der Waals surface area contributed by atoms with Crippen LogP contribution in [0.3, 0.4) is 0 Å². The van der Waals surface area contributed by atoms with Crippen LogP contribution in [0.1, 0.15) is 16.8 Å². The highest BCUT2D eigenvalue weighted by atomic mass is 32.2. The Bertz CT molecular complexity index is 916. The SMILES string of the molecule is N#Cc1cc(C#N)c(SCc2csc(-c3cccs3)n2)nc1N. The molecule has 0 aliphatic carbocycles. The minimum atomic E-state index is 0.145. The van der Waals surface area contributed by atoms with Crippen LogP contribution in [0.4, 0.5) is 5.82 Å². The zero-order valence-corrected chi connectivity index (χ0v) is 14.1. The van der Waals surface area contributed by atoms with Gasteiger partial charge in [0.1, 0.15) is 28.0 Å². The van der Waals surface area contributed by atoms with Crippen LogP contribution in [0.5, 0.6) is 0 Å². The third-order valence-corrected chi connectivity index (χ3v) is 5.85. The van der Waals surface area contributed by atoms with Crippen molar-refractivity contribution < 1.29 is 0 Å². The largest absolute Gasteiger partial charge is 0.383 e. The number of hydrogen-bond donors (Lipinski definition) is 1. The summed E-state index contributed by atoms with van der Waals surface area (Å²) in [6.45, 7) is 0. The van der Waals surface area contributed by atoms with Gasteiger partial charge in [0.15, 0.2) is 0 Å². The van der Waals surface area contributed by atoms with Gasteiger partial charge in [-0.05, 0) is 17.5 Å². The smallest absolute Gasteiger partial charge is 0.142 e. The highest BCUT2D eigenvalue weighted by molar-refractivity contribution is 7.98. The summed E-state index contributed by atoms with van der Waals surface area (Å²) in [5.74, 6) is 0.737. The molecule has 0 saturated heterocycles. The Hall–Kier alpha value is -2.39. The van der Waals surface area contributed by atoms with Crippen molar-refractivity contribution in [2.24, 2.45) is 0 Å². The number of anilines is 1. The standard InChI is InChI=1S/C15H9N5S3/c16-5-9-4-10(6-17)14(20-13(9)18)22-7-11-8-23-15(19-11)12-2-1-3-21-12/h1-4,8H,7H2,(H2,18,20). The lowest BCUT2D eigenvalue weighted by molar-refractivity contribution is 1.11. The van der Waals surface area contributed by atoms with Crippen LogP contribution in [-0.4, -0.2) is 9.97 Å². The van der Waals surface area contributed by atoms with Crippen LogP contribution in [0.2, 0.25) is 0 Å². The number of nitriles is 2. The topological polar surface area (TPSA) is 99.4 Å². The average molecular weight is 355 g/mol. The monoisotopic (exact) mass is 355 g/mol. The van der Waals surface area contributed by atoms with E-state index in [0.29, 0.717) is 16.3 Å². The molecule has 3 rings (SSSR count). The molecule has 0 saturated carbocycles. The summed E-state index contributed by atoms with van der Waals surface area (Å²) >= 11 is 4.64. The quantitative estimate of drug-likeness (QED) is 0.713. The Labute approximate surface area is 145 Å². The number of aromatic nitrogens is 2. The second-order valence-electron chi connectivity index (χ2n) is 4.41. The van der Waals surface area contributed by atoms with Gasteiger partial charge in [0.25, 0.3) is 0 Å². The molecule has 0 aliphatic rings. The van der Waals surface area contributed by atoms with E-state index in [4.69, 9.17) is 11.0 Å². The molecular formula is C15H9N5S3. The van der Waals surface area contributed by atoms with Crippen LogP contribution in [0, 0.1) is 22.7 Å². The minimum Gasteiger partial charge on any atom is -0.383 e. The second kappa shape index (κ2) is 6.80. The van der Waals surface area contributed by atoms with Crippen LogP contribution in [-0.2, 0) is 5.75 Å². The average Bonchev–Trinajstić information content (AvgIpc) is 3.24. The van der Waals surface area contributed by atoms with E-state index >= 15 is 0 Å². The van der Waals surface area contributed by atoms with Crippen molar-refractivity contribution in [3.63, 3.8) is 0 Å². The van der Waals surface area contributed by atoms with Crippen molar-refractivity contribution in [1.29, 1.82) is 10.5 Å². The van der Waals surface area contributed by atoms with Gasteiger partial charge in [-0.3, -0.25) is 0 Å². The molecule has 8 heteroatoms. The number of pyridine rings is 1. The maximum atomic E-state index is 9.19. The molecule has 3 heterocycles. The van der Waals surface area contributed by atoms with Gasteiger partial charge < -0.3 is 5.73 Å². The van der Waals surface area contributed by atoms with E-state index in [2.05, 4.69) is 16.0 Å². The van der Waals surface area contributed by atoms with Gasteiger partial charge in [-0.1, -0.05) is 17.8 Å². The van der Waals surface area contributed by atoms with E-state index < -0.39 is 0 Å². The second-order valence-corrected chi connectivity index (χ2v) is 7.18. The summed E-state index contributed by atoms with van der Waals surface area (Å²) < 4.78 is 0. The molecule has 0 fully saturated rings. The molecule has 0 unspecified atom stereocenters. The van der Waals surface area contributed by atoms with Crippen molar-refractivity contribution in [3.8, 4) is 22.0 Å². The lowest BCUT2D eigenvalue weighted by atomic mass is 10.2.